The van der Waals surface area contributed by atoms with Crippen molar-refractivity contribution in [3.8, 4) is 0 Å². The van der Waals surface area contributed by atoms with E-state index in [1.807, 2.05) is 6.07 Å². The van der Waals surface area contributed by atoms with Gasteiger partial charge in [0.2, 0.25) is 0 Å². The summed E-state index contributed by atoms with van der Waals surface area (Å²) in [5.41, 5.74) is 4.42. The van der Waals surface area contributed by atoms with Crippen molar-refractivity contribution in [2.45, 2.75) is 36.9 Å². The van der Waals surface area contributed by atoms with E-state index in [-0.39, 0.29) is 6.04 Å². The molecule has 1 aliphatic rings. The predicted molar refractivity (Wildman–Crippen MR) is 135 cm³/mol. The Bertz CT molecular complexity index is 1030. The van der Waals surface area contributed by atoms with Gasteiger partial charge in [-0.15, -0.1) is 0 Å². The van der Waals surface area contributed by atoms with Crippen LogP contribution in [0.25, 0.3) is 0 Å². The van der Waals surface area contributed by atoms with Crippen molar-refractivity contribution in [1.29, 1.82) is 0 Å². The molecule has 1 fully saturated rings. The van der Waals surface area contributed by atoms with E-state index in [1.54, 1.807) is 0 Å². The minimum Gasteiger partial charge on any atom is -0.391 e. The van der Waals surface area contributed by atoms with Gasteiger partial charge < -0.3 is 5.11 Å². The van der Waals surface area contributed by atoms with Gasteiger partial charge in [-0.2, -0.15) is 0 Å². The fraction of sp³-hybridized carbons (Fsp3) is 0.226. The highest BCUT2D eigenvalue weighted by molar-refractivity contribution is 5.50. The SMILES string of the molecule is O[C@H](Cc1ccccc1)C1CCCN1C(c1ccccc1)(c1ccccc1)c1ccccc1. The smallest absolute Gasteiger partial charge is 0.0976 e. The average molecular weight is 434 g/mol. The number of rotatable bonds is 7. The van der Waals surface area contributed by atoms with Crippen molar-refractivity contribution in [2.24, 2.45) is 0 Å². The third-order valence-electron chi connectivity index (χ3n) is 7.04. The number of likely N-dealkylation sites (tertiary alicyclic amines) is 1. The van der Waals surface area contributed by atoms with Gasteiger partial charge in [-0.3, -0.25) is 4.90 Å². The third-order valence-corrected chi connectivity index (χ3v) is 7.04. The molecule has 33 heavy (non-hydrogen) atoms. The maximum Gasteiger partial charge on any atom is 0.0976 e. The zero-order valence-corrected chi connectivity index (χ0v) is 18.9. The molecular formula is C31H31NO. The fourth-order valence-corrected chi connectivity index (χ4v) is 5.64. The Kier molecular flexibility index (Phi) is 6.39. The molecule has 5 rings (SSSR count). The van der Waals surface area contributed by atoms with Crippen LogP contribution < -0.4 is 0 Å². The van der Waals surface area contributed by atoms with E-state index < -0.39 is 11.6 Å². The Morgan fingerprint density at radius 1 is 0.667 bits per heavy atom. The van der Waals surface area contributed by atoms with Crippen LogP contribution in [0.15, 0.2) is 121 Å². The number of aliphatic hydroxyl groups is 1. The molecule has 2 heteroatoms. The quantitative estimate of drug-likeness (QED) is 0.359. The first-order chi connectivity index (χ1) is 16.3. The lowest BCUT2D eigenvalue weighted by Gasteiger charge is -2.47. The zero-order valence-electron chi connectivity index (χ0n) is 18.9. The summed E-state index contributed by atoms with van der Waals surface area (Å²) in [7, 11) is 0. The second kappa shape index (κ2) is 9.74. The van der Waals surface area contributed by atoms with Gasteiger partial charge in [0.25, 0.3) is 0 Å². The Balaban J connectivity index is 1.67. The molecule has 4 aromatic rings. The maximum absolute atomic E-state index is 11.5. The Morgan fingerprint density at radius 3 is 1.55 bits per heavy atom. The first-order valence-electron chi connectivity index (χ1n) is 12.0. The topological polar surface area (TPSA) is 23.5 Å². The van der Waals surface area contributed by atoms with Crippen molar-refractivity contribution < 1.29 is 5.11 Å². The molecule has 0 radical (unpaired) electrons. The lowest BCUT2D eigenvalue weighted by atomic mass is 9.74. The van der Waals surface area contributed by atoms with Crippen molar-refractivity contribution >= 4 is 0 Å². The summed E-state index contributed by atoms with van der Waals surface area (Å²) in [5, 5.41) is 11.5. The third kappa shape index (κ3) is 4.13. The van der Waals surface area contributed by atoms with Crippen LogP contribution in [-0.2, 0) is 12.0 Å². The second-order valence-electron chi connectivity index (χ2n) is 8.97. The zero-order chi connectivity index (χ0) is 22.5. The minimum atomic E-state index is -0.470. The van der Waals surface area contributed by atoms with Crippen LogP contribution in [0, 0.1) is 0 Å². The number of aliphatic hydroxyl groups excluding tert-OH is 1. The Hall–Kier alpha value is -3.20. The van der Waals surface area contributed by atoms with Gasteiger partial charge in [-0.05, 0) is 41.5 Å². The summed E-state index contributed by atoms with van der Waals surface area (Å²) in [6.45, 7) is 0.940. The molecule has 1 saturated heterocycles. The van der Waals surface area contributed by atoms with Crippen molar-refractivity contribution in [2.75, 3.05) is 6.54 Å². The summed E-state index contributed by atoms with van der Waals surface area (Å²) in [6.07, 6.45) is 2.29. The first-order valence-corrected chi connectivity index (χ1v) is 12.0. The first kappa shape index (κ1) is 21.6. The van der Waals surface area contributed by atoms with Gasteiger partial charge in [-0.1, -0.05) is 121 Å². The molecule has 0 aliphatic carbocycles. The number of benzene rings is 4. The highest BCUT2D eigenvalue weighted by atomic mass is 16.3. The summed E-state index contributed by atoms with van der Waals surface area (Å²) in [5.74, 6) is 0. The molecule has 1 N–H and O–H groups in total. The van der Waals surface area contributed by atoms with Gasteiger partial charge in [0.15, 0.2) is 0 Å². The molecule has 0 aromatic heterocycles. The Labute approximate surface area is 197 Å². The van der Waals surface area contributed by atoms with E-state index in [1.165, 1.54) is 22.3 Å². The minimum absolute atomic E-state index is 0.0609. The van der Waals surface area contributed by atoms with Crippen LogP contribution in [0.5, 0.6) is 0 Å². The van der Waals surface area contributed by atoms with Gasteiger partial charge in [0, 0.05) is 12.6 Å². The Morgan fingerprint density at radius 2 is 1.09 bits per heavy atom. The second-order valence-corrected chi connectivity index (χ2v) is 8.97. The monoisotopic (exact) mass is 433 g/mol. The molecule has 1 aliphatic heterocycles. The van der Waals surface area contributed by atoms with Crippen molar-refractivity contribution in [3.63, 3.8) is 0 Å². The molecule has 166 valence electrons. The number of hydrogen-bond donors (Lipinski definition) is 1. The summed E-state index contributed by atoms with van der Waals surface area (Å²) < 4.78 is 0. The van der Waals surface area contributed by atoms with Crippen LogP contribution in [0.2, 0.25) is 0 Å². The van der Waals surface area contributed by atoms with Crippen LogP contribution in [0.4, 0.5) is 0 Å². The van der Waals surface area contributed by atoms with Crippen LogP contribution >= 0.6 is 0 Å². The van der Waals surface area contributed by atoms with Crippen molar-refractivity contribution in [1.82, 2.24) is 4.90 Å². The van der Waals surface area contributed by atoms with E-state index in [0.29, 0.717) is 6.42 Å². The maximum atomic E-state index is 11.5. The molecule has 2 nitrogen and oxygen atoms in total. The average Bonchev–Trinajstić information content (AvgIpc) is 3.38. The van der Waals surface area contributed by atoms with E-state index in [2.05, 4.69) is 120 Å². The molecule has 4 aromatic carbocycles. The number of nitrogens with zero attached hydrogens (tertiary/aromatic N) is 1. The molecule has 0 spiro atoms. The molecule has 0 amide bonds. The van der Waals surface area contributed by atoms with Crippen molar-refractivity contribution in [3.05, 3.63) is 144 Å². The highest BCUT2D eigenvalue weighted by Crippen LogP contribution is 2.46. The molecule has 0 bridgehead atoms. The lowest BCUT2D eigenvalue weighted by molar-refractivity contribution is 0.0337. The van der Waals surface area contributed by atoms with Crippen LogP contribution in [0.3, 0.4) is 0 Å². The van der Waals surface area contributed by atoms with Crippen LogP contribution in [0.1, 0.15) is 35.1 Å². The van der Waals surface area contributed by atoms with Gasteiger partial charge in [-0.25, -0.2) is 0 Å². The fourth-order valence-electron chi connectivity index (χ4n) is 5.64. The highest BCUT2D eigenvalue weighted by Gasteiger charge is 2.48. The molecular weight excluding hydrogens is 402 g/mol. The molecule has 1 unspecified atom stereocenters. The molecule has 2 atom stereocenters. The van der Waals surface area contributed by atoms with E-state index in [9.17, 15) is 5.11 Å². The molecule has 0 saturated carbocycles. The summed E-state index contributed by atoms with van der Waals surface area (Å²) in [4.78, 5) is 2.57. The van der Waals surface area contributed by atoms with E-state index in [0.717, 1.165) is 19.4 Å². The standard InChI is InChI=1S/C31H31NO/c33-30(24-25-14-5-1-6-15-25)29-22-13-23-32(29)31(26-16-7-2-8-17-26,27-18-9-3-10-19-27)28-20-11-4-12-21-28/h1-12,14-21,29-30,33H,13,22-24H2/t29?,30-/m1/s1. The predicted octanol–water partition coefficient (Wildman–Crippen LogP) is 6.05. The van der Waals surface area contributed by atoms with Gasteiger partial charge in [0.05, 0.1) is 11.6 Å². The lowest BCUT2D eigenvalue weighted by Crippen LogP contribution is -2.54. The molecule has 1 heterocycles. The van der Waals surface area contributed by atoms with Crippen LogP contribution in [-0.4, -0.2) is 28.7 Å². The van der Waals surface area contributed by atoms with E-state index in [4.69, 9.17) is 0 Å². The van der Waals surface area contributed by atoms with E-state index >= 15 is 0 Å². The largest absolute Gasteiger partial charge is 0.391 e. The van der Waals surface area contributed by atoms with Gasteiger partial charge >= 0.3 is 0 Å². The number of hydrogen-bond acceptors (Lipinski definition) is 2. The van der Waals surface area contributed by atoms with Gasteiger partial charge in [0.1, 0.15) is 0 Å². The normalized spacial score (nSPS) is 17.7. The summed E-state index contributed by atoms with van der Waals surface area (Å²) in [6, 6.07) is 42.8. The summed E-state index contributed by atoms with van der Waals surface area (Å²) >= 11 is 0.